The Kier molecular flexibility index (Phi) is 2.41. The number of piperazine rings is 1. The van der Waals surface area contributed by atoms with Gasteiger partial charge in [-0.05, 0) is 24.6 Å². The minimum Gasteiger partial charge on any atom is -0.465 e. The Morgan fingerprint density at radius 1 is 1.39 bits per heavy atom. The number of rotatable bonds is 1. The highest BCUT2D eigenvalue weighted by molar-refractivity contribution is 5.67. The number of hydrogen-bond acceptors (Lipinski definition) is 2. The van der Waals surface area contributed by atoms with Crippen LogP contribution in [-0.2, 0) is 0 Å². The summed E-state index contributed by atoms with van der Waals surface area (Å²) >= 11 is 0. The van der Waals surface area contributed by atoms with Gasteiger partial charge in [-0.25, -0.2) is 4.79 Å². The molecule has 2 aliphatic heterocycles. The quantitative estimate of drug-likeness (QED) is 0.761. The van der Waals surface area contributed by atoms with E-state index in [0.717, 1.165) is 24.2 Å². The lowest BCUT2D eigenvalue weighted by Gasteiger charge is -2.34. The van der Waals surface area contributed by atoms with Crippen LogP contribution in [0.3, 0.4) is 0 Å². The molecule has 2 aliphatic rings. The van der Waals surface area contributed by atoms with Crippen LogP contribution in [0.4, 0.5) is 10.5 Å². The maximum Gasteiger partial charge on any atom is 0.407 e. The lowest BCUT2D eigenvalue weighted by Crippen LogP contribution is -2.48. The van der Waals surface area contributed by atoms with Gasteiger partial charge in [0, 0.05) is 30.4 Å². The molecule has 4 heteroatoms. The zero-order valence-corrected chi connectivity index (χ0v) is 9.91. The highest BCUT2D eigenvalue weighted by atomic mass is 16.4. The second-order valence-electron chi connectivity index (χ2n) is 4.83. The van der Waals surface area contributed by atoms with Crippen LogP contribution in [0.2, 0.25) is 0 Å². The van der Waals surface area contributed by atoms with Crippen LogP contribution in [0.25, 0.3) is 0 Å². The molecular weight excluding hydrogens is 228 g/mol. The minimum atomic E-state index is -0.806. The second-order valence-corrected chi connectivity index (χ2v) is 4.83. The molecule has 1 aromatic rings. The van der Waals surface area contributed by atoms with Crippen molar-refractivity contribution in [3.63, 3.8) is 0 Å². The largest absolute Gasteiger partial charge is 0.465 e. The Morgan fingerprint density at radius 2 is 2.22 bits per heavy atom. The van der Waals surface area contributed by atoms with Crippen molar-refractivity contribution in [3.05, 3.63) is 29.8 Å². The smallest absolute Gasteiger partial charge is 0.407 e. The molecule has 0 saturated carbocycles. The fourth-order valence-electron chi connectivity index (χ4n) is 2.99. The Morgan fingerprint density at radius 3 is 2.83 bits per heavy atom. The fraction of sp³-hybridized carbons (Fsp3) is 0.357. The highest BCUT2D eigenvalue weighted by Crippen LogP contribution is 2.34. The van der Waals surface area contributed by atoms with E-state index in [0.29, 0.717) is 12.6 Å². The van der Waals surface area contributed by atoms with E-state index in [-0.39, 0.29) is 6.04 Å². The average Bonchev–Trinajstić information content (AvgIpc) is 2.98. The van der Waals surface area contributed by atoms with Crippen LogP contribution in [0.5, 0.6) is 0 Å². The summed E-state index contributed by atoms with van der Waals surface area (Å²) < 4.78 is 0. The predicted molar refractivity (Wildman–Crippen MR) is 68.6 cm³/mol. The summed E-state index contributed by atoms with van der Waals surface area (Å²) in [4.78, 5) is 14.8. The maximum absolute atomic E-state index is 11.0. The van der Waals surface area contributed by atoms with Crippen LogP contribution >= 0.6 is 0 Å². The third-order valence-electron chi connectivity index (χ3n) is 3.83. The molecule has 0 radical (unpaired) electrons. The Hall–Kier alpha value is -2.15. The summed E-state index contributed by atoms with van der Waals surface area (Å²) in [6.45, 7) is 1.37. The first kappa shape index (κ1) is 11.0. The topological polar surface area (TPSA) is 43.8 Å². The number of hydrogen-bond donors (Lipinski definition) is 1. The Balaban J connectivity index is 1.82. The summed E-state index contributed by atoms with van der Waals surface area (Å²) in [6, 6.07) is 8.30. The van der Waals surface area contributed by atoms with Gasteiger partial charge in [-0.3, -0.25) is 0 Å². The normalized spacial score (nSPS) is 25.3. The molecule has 92 valence electrons. The highest BCUT2D eigenvalue weighted by Gasteiger charge is 2.45. The zero-order chi connectivity index (χ0) is 12.7. The molecule has 0 spiro atoms. The van der Waals surface area contributed by atoms with Crippen LogP contribution in [0.15, 0.2) is 24.3 Å². The van der Waals surface area contributed by atoms with Crippen LogP contribution in [0, 0.1) is 12.3 Å². The molecule has 0 aliphatic carbocycles. The van der Waals surface area contributed by atoms with Crippen molar-refractivity contribution in [2.24, 2.45) is 0 Å². The van der Waals surface area contributed by atoms with E-state index in [1.165, 1.54) is 0 Å². The van der Waals surface area contributed by atoms with Gasteiger partial charge in [-0.1, -0.05) is 12.0 Å². The summed E-state index contributed by atoms with van der Waals surface area (Å²) in [5, 5.41) is 9.06. The third kappa shape index (κ3) is 1.60. The van der Waals surface area contributed by atoms with Crippen molar-refractivity contribution in [3.8, 4) is 12.3 Å². The standard InChI is InChI=1S/C14H14N2O2/c1-2-10-4-3-5-11(6-10)15-8-13-7-12(15)9-16(13)14(17)18/h1,3-6,12-13H,7-9H2,(H,17,18)/t12-,13-/m0/s1. The number of likely N-dealkylation sites (tertiary alicyclic amines) is 1. The van der Waals surface area contributed by atoms with Crippen molar-refractivity contribution in [1.82, 2.24) is 4.90 Å². The van der Waals surface area contributed by atoms with Gasteiger partial charge in [0.05, 0.1) is 6.04 Å². The molecule has 1 aromatic carbocycles. The summed E-state index contributed by atoms with van der Waals surface area (Å²) in [5.74, 6) is 2.63. The molecule has 2 bridgehead atoms. The van der Waals surface area contributed by atoms with Gasteiger partial charge in [0.15, 0.2) is 0 Å². The number of amides is 1. The third-order valence-corrected chi connectivity index (χ3v) is 3.83. The van der Waals surface area contributed by atoms with Crippen molar-refractivity contribution < 1.29 is 9.90 Å². The minimum absolute atomic E-state index is 0.127. The van der Waals surface area contributed by atoms with Gasteiger partial charge in [-0.15, -0.1) is 6.42 Å². The number of terminal acetylenes is 1. The zero-order valence-electron chi connectivity index (χ0n) is 9.91. The molecular formula is C14H14N2O2. The molecule has 2 fully saturated rings. The molecule has 1 amide bonds. The van der Waals surface area contributed by atoms with E-state index < -0.39 is 6.09 Å². The second kappa shape index (κ2) is 3.95. The molecule has 3 rings (SSSR count). The van der Waals surface area contributed by atoms with Crippen LogP contribution < -0.4 is 4.90 Å². The number of carboxylic acid groups (broad SMARTS) is 1. The van der Waals surface area contributed by atoms with Gasteiger partial charge in [0.1, 0.15) is 0 Å². The Labute approximate surface area is 106 Å². The molecule has 2 heterocycles. The van der Waals surface area contributed by atoms with Gasteiger partial charge >= 0.3 is 6.09 Å². The van der Waals surface area contributed by atoms with Crippen molar-refractivity contribution >= 4 is 11.8 Å². The van der Waals surface area contributed by atoms with E-state index >= 15 is 0 Å². The summed E-state index contributed by atoms with van der Waals surface area (Å²) in [6.07, 6.45) is 5.52. The molecule has 2 atom stereocenters. The number of carbonyl (C=O) groups is 1. The lowest BCUT2D eigenvalue weighted by molar-refractivity contribution is 0.137. The number of benzene rings is 1. The van der Waals surface area contributed by atoms with Crippen LogP contribution in [-0.4, -0.2) is 41.3 Å². The monoisotopic (exact) mass is 242 g/mol. The molecule has 2 saturated heterocycles. The first-order valence-electron chi connectivity index (χ1n) is 6.02. The molecule has 0 aromatic heterocycles. The van der Waals surface area contributed by atoms with Gasteiger partial charge in [0.25, 0.3) is 0 Å². The summed E-state index contributed by atoms with van der Waals surface area (Å²) in [5.41, 5.74) is 1.97. The lowest BCUT2D eigenvalue weighted by atomic mass is 10.1. The molecule has 1 N–H and O–H groups in total. The molecule has 4 nitrogen and oxygen atoms in total. The summed E-state index contributed by atoms with van der Waals surface area (Å²) in [7, 11) is 0. The first-order valence-corrected chi connectivity index (χ1v) is 6.02. The fourth-order valence-corrected chi connectivity index (χ4v) is 2.99. The van der Waals surface area contributed by atoms with Crippen molar-refractivity contribution in [1.29, 1.82) is 0 Å². The number of fused-ring (bicyclic) bond motifs is 2. The van der Waals surface area contributed by atoms with Crippen molar-refractivity contribution in [2.75, 3.05) is 18.0 Å². The first-order chi connectivity index (χ1) is 8.69. The number of nitrogens with zero attached hydrogens (tertiary/aromatic N) is 2. The molecule has 18 heavy (non-hydrogen) atoms. The van der Waals surface area contributed by atoms with Gasteiger partial charge < -0.3 is 14.9 Å². The van der Waals surface area contributed by atoms with E-state index in [2.05, 4.69) is 10.8 Å². The van der Waals surface area contributed by atoms with Crippen LogP contribution in [0.1, 0.15) is 12.0 Å². The van der Waals surface area contributed by atoms with Gasteiger partial charge in [-0.2, -0.15) is 0 Å². The average molecular weight is 242 g/mol. The molecule has 0 unspecified atom stereocenters. The van der Waals surface area contributed by atoms with E-state index in [1.54, 1.807) is 4.90 Å². The van der Waals surface area contributed by atoms with Crippen molar-refractivity contribution in [2.45, 2.75) is 18.5 Å². The Bertz CT molecular complexity index is 535. The van der Waals surface area contributed by atoms with Gasteiger partial charge in [0.2, 0.25) is 0 Å². The van der Waals surface area contributed by atoms with E-state index in [1.807, 2.05) is 24.3 Å². The predicted octanol–water partition coefficient (Wildman–Crippen LogP) is 1.61. The SMILES string of the molecule is C#Cc1cccc(N2C[C@@H]3C[C@H]2CN3C(=O)O)c1. The van der Waals surface area contributed by atoms with E-state index in [4.69, 9.17) is 11.5 Å². The number of anilines is 1. The van der Waals surface area contributed by atoms with E-state index in [9.17, 15) is 4.79 Å². The maximum atomic E-state index is 11.0.